The van der Waals surface area contributed by atoms with E-state index in [1.54, 1.807) is 0 Å². The maximum Gasteiger partial charge on any atom is 1.00 e. The van der Waals surface area contributed by atoms with Crippen molar-refractivity contribution in [2.75, 3.05) is 0 Å². The first-order valence-electron chi connectivity index (χ1n) is 2.56. The average Bonchev–Trinajstić information content (AvgIpc) is 1.31. The third kappa shape index (κ3) is 1.98. The summed E-state index contributed by atoms with van der Waals surface area (Å²) in [5.41, 5.74) is 0. The van der Waals surface area contributed by atoms with Crippen molar-refractivity contribution >= 4 is 0 Å². The Labute approximate surface area is 68.8 Å². The van der Waals surface area contributed by atoms with Crippen LogP contribution in [0.1, 0.15) is 20.7 Å². The molecule has 0 N–H and O–H groups in total. The molecule has 1 rings (SSSR count). The molecule has 1 saturated carbocycles. The quantitative estimate of drug-likeness (QED) is 0.300. The van der Waals surface area contributed by atoms with Crippen molar-refractivity contribution in [1.82, 2.24) is 0 Å². The molecule has 0 atom stereocenters. The Balaban J connectivity index is 0. The van der Waals surface area contributed by atoms with Crippen molar-refractivity contribution in [2.24, 2.45) is 5.92 Å². The van der Waals surface area contributed by atoms with Crippen LogP contribution in [0, 0.1) is 5.92 Å². The molecule has 1 fully saturated rings. The van der Waals surface area contributed by atoms with Crippen LogP contribution in [0.2, 0.25) is 0 Å². The van der Waals surface area contributed by atoms with E-state index in [2.05, 4.69) is 12.7 Å². The molecule has 0 radical (unpaired) electrons. The van der Waals surface area contributed by atoms with Gasteiger partial charge in [0, 0.05) is 0 Å². The SMILES string of the molecule is C=CC1CCC1.[H-].[Na+]. The normalized spacial score (nSPS) is 19.4. The second-order valence-electron chi connectivity index (χ2n) is 1.93. The molecule has 0 heterocycles. The van der Waals surface area contributed by atoms with Crippen LogP contribution in [-0.4, -0.2) is 0 Å². The van der Waals surface area contributed by atoms with Gasteiger partial charge < -0.3 is 1.43 Å². The van der Waals surface area contributed by atoms with Gasteiger partial charge in [0.15, 0.2) is 0 Å². The van der Waals surface area contributed by atoms with Crippen LogP contribution in [-0.2, 0) is 0 Å². The standard InChI is InChI=1S/C6H10.Na.H/c1-2-6-4-3-5-6;;/h2,6H,1,3-5H2;;/q;+1;-1. The minimum Gasteiger partial charge on any atom is -1.00 e. The molecule has 1 heteroatoms. The summed E-state index contributed by atoms with van der Waals surface area (Å²) in [5, 5.41) is 0. The minimum atomic E-state index is 0. The fraction of sp³-hybridized carbons (Fsp3) is 0.667. The van der Waals surface area contributed by atoms with Crippen LogP contribution in [0.5, 0.6) is 0 Å². The van der Waals surface area contributed by atoms with Crippen molar-refractivity contribution < 1.29 is 31.0 Å². The first kappa shape index (κ1) is 7.74. The average molecular weight is 106 g/mol. The number of hydrogen-bond donors (Lipinski definition) is 0. The molecular formula is C6H11Na. The van der Waals surface area contributed by atoms with E-state index in [-0.39, 0.29) is 31.0 Å². The van der Waals surface area contributed by atoms with Gasteiger partial charge in [-0.05, 0) is 18.8 Å². The number of rotatable bonds is 1. The Morgan fingerprint density at radius 2 is 2.14 bits per heavy atom. The Hall–Kier alpha value is 0.740. The van der Waals surface area contributed by atoms with Gasteiger partial charge in [0.05, 0.1) is 0 Å². The molecule has 0 aromatic rings. The third-order valence-corrected chi connectivity index (χ3v) is 1.48. The van der Waals surface area contributed by atoms with Gasteiger partial charge in [0.25, 0.3) is 0 Å². The van der Waals surface area contributed by atoms with Crippen molar-refractivity contribution in [3.05, 3.63) is 12.7 Å². The van der Waals surface area contributed by atoms with Crippen LogP contribution in [0.15, 0.2) is 12.7 Å². The summed E-state index contributed by atoms with van der Waals surface area (Å²) in [5.74, 6) is 0.880. The zero-order valence-corrected chi connectivity index (χ0v) is 6.98. The summed E-state index contributed by atoms with van der Waals surface area (Å²) in [7, 11) is 0. The van der Waals surface area contributed by atoms with Gasteiger partial charge in [0.1, 0.15) is 0 Å². The van der Waals surface area contributed by atoms with Gasteiger partial charge in [-0.25, -0.2) is 0 Å². The molecule has 0 saturated heterocycles. The first-order chi connectivity index (χ1) is 2.93. The molecule has 0 unspecified atom stereocenters. The van der Waals surface area contributed by atoms with Crippen LogP contribution < -0.4 is 29.6 Å². The molecule has 0 aromatic heterocycles. The zero-order valence-electron chi connectivity index (χ0n) is 5.98. The van der Waals surface area contributed by atoms with E-state index >= 15 is 0 Å². The third-order valence-electron chi connectivity index (χ3n) is 1.48. The van der Waals surface area contributed by atoms with Gasteiger partial charge in [-0.15, -0.1) is 6.58 Å². The molecular weight excluding hydrogens is 95.1 g/mol. The van der Waals surface area contributed by atoms with E-state index < -0.39 is 0 Å². The molecule has 1 aliphatic rings. The molecule has 0 bridgehead atoms. The fourth-order valence-electron chi connectivity index (χ4n) is 0.676. The predicted octanol–water partition coefficient (Wildman–Crippen LogP) is -0.911. The van der Waals surface area contributed by atoms with Gasteiger partial charge in [-0.1, -0.05) is 12.5 Å². The van der Waals surface area contributed by atoms with E-state index in [9.17, 15) is 0 Å². The second kappa shape index (κ2) is 3.71. The smallest absolute Gasteiger partial charge is 1.00 e. The molecule has 1 aliphatic carbocycles. The number of allylic oxidation sites excluding steroid dienone is 1. The maximum atomic E-state index is 3.68. The zero-order chi connectivity index (χ0) is 4.41. The fourth-order valence-corrected chi connectivity index (χ4v) is 0.676. The summed E-state index contributed by atoms with van der Waals surface area (Å²) in [6, 6.07) is 0. The molecule has 0 nitrogen and oxygen atoms in total. The summed E-state index contributed by atoms with van der Waals surface area (Å²) in [6.07, 6.45) is 6.27. The van der Waals surface area contributed by atoms with Crippen LogP contribution in [0.25, 0.3) is 0 Å². The molecule has 36 valence electrons. The van der Waals surface area contributed by atoms with Crippen molar-refractivity contribution in [3.8, 4) is 0 Å². The van der Waals surface area contributed by atoms with E-state index in [1.165, 1.54) is 19.3 Å². The summed E-state index contributed by atoms with van der Waals surface area (Å²) < 4.78 is 0. The van der Waals surface area contributed by atoms with Crippen molar-refractivity contribution in [1.29, 1.82) is 0 Å². The molecule has 0 aromatic carbocycles. The largest absolute Gasteiger partial charge is 1.00 e. The molecule has 0 aliphatic heterocycles. The van der Waals surface area contributed by atoms with Crippen LogP contribution in [0.3, 0.4) is 0 Å². The Morgan fingerprint density at radius 1 is 1.57 bits per heavy atom. The van der Waals surface area contributed by atoms with Crippen molar-refractivity contribution in [2.45, 2.75) is 19.3 Å². The van der Waals surface area contributed by atoms with E-state index in [1.807, 2.05) is 0 Å². The maximum absolute atomic E-state index is 3.68. The second-order valence-corrected chi connectivity index (χ2v) is 1.93. The van der Waals surface area contributed by atoms with Crippen molar-refractivity contribution in [3.63, 3.8) is 0 Å². The topological polar surface area (TPSA) is 0 Å². The molecule has 0 spiro atoms. The summed E-state index contributed by atoms with van der Waals surface area (Å²) in [4.78, 5) is 0. The van der Waals surface area contributed by atoms with Crippen LogP contribution in [0.4, 0.5) is 0 Å². The Morgan fingerprint density at radius 3 is 2.14 bits per heavy atom. The van der Waals surface area contributed by atoms with Gasteiger partial charge >= 0.3 is 29.6 Å². The first-order valence-corrected chi connectivity index (χ1v) is 2.56. The minimum absolute atomic E-state index is 0. The van der Waals surface area contributed by atoms with Gasteiger partial charge in [-0.3, -0.25) is 0 Å². The monoisotopic (exact) mass is 106 g/mol. The van der Waals surface area contributed by atoms with Crippen LogP contribution >= 0.6 is 0 Å². The number of hydrogen-bond acceptors (Lipinski definition) is 0. The summed E-state index contributed by atoms with van der Waals surface area (Å²) >= 11 is 0. The Bertz CT molecular complexity index is 59.5. The molecule has 7 heavy (non-hydrogen) atoms. The Kier molecular flexibility index (Phi) is 4.10. The van der Waals surface area contributed by atoms with E-state index in [0.29, 0.717) is 0 Å². The predicted molar refractivity (Wildman–Crippen MR) is 28.6 cm³/mol. The van der Waals surface area contributed by atoms with Gasteiger partial charge in [0.2, 0.25) is 0 Å². The summed E-state index contributed by atoms with van der Waals surface area (Å²) in [6.45, 7) is 3.68. The molecule has 0 amide bonds. The van der Waals surface area contributed by atoms with E-state index in [0.717, 1.165) is 5.92 Å². The van der Waals surface area contributed by atoms with Gasteiger partial charge in [-0.2, -0.15) is 0 Å². The van der Waals surface area contributed by atoms with E-state index in [4.69, 9.17) is 0 Å².